The molecule has 0 spiro atoms. The Morgan fingerprint density at radius 1 is 1.38 bits per heavy atom. The molecule has 1 aromatic carbocycles. The van der Waals surface area contributed by atoms with Gasteiger partial charge in [0.25, 0.3) is 0 Å². The Labute approximate surface area is 168 Å². The normalized spacial score (nSPS) is 19.0. The number of carbonyl (C=O) groups is 1. The first-order chi connectivity index (χ1) is 14.1. The smallest absolute Gasteiger partial charge is 0.207 e. The Morgan fingerprint density at radius 2 is 2.17 bits per heavy atom. The van der Waals surface area contributed by atoms with Gasteiger partial charge >= 0.3 is 0 Å². The van der Waals surface area contributed by atoms with E-state index in [9.17, 15) is 9.90 Å². The minimum absolute atomic E-state index is 0.272. The van der Waals surface area contributed by atoms with Crippen molar-refractivity contribution in [1.82, 2.24) is 20.0 Å². The molecule has 1 atom stereocenters. The van der Waals surface area contributed by atoms with Crippen LogP contribution < -0.4 is 5.32 Å². The van der Waals surface area contributed by atoms with Crippen LogP contribution in [0.1, 0.15) is 43.0 Å². The van der Waals surface area contributed by atoms with Crippen LogP contribution in [-0.2, 0) is 11.3 Å². The lowest BCUT2D eigenvalue weighted by atomic mass is 9.81. The second-order valence-electron chi connectivity index (χ2n) is 7.27. The van der Waals surface area contributed by atoms with Crippen molar-refractivity contribution in [2.75, 3.05) is 0 Å². The number of rotatable bonds is 6. The van der Waals surface area contributed by atoms with E-state index in [1.807, 2.05) is 41.1 Å². The molecule has 1 fully saturated rings. The first-order valence-electron chi connectivity index (χ1n) is 9.58. The van der Waals surface area contributed by atoms with Crippen molar-refractivity contribution >= 4 is 6.41 Å². The fraction of sp³-hybridized carbons (Fsp3) is 0.318. The summed E-state index contributed by atoms with van der Waals surface area (Å²) in [6, 6.07) is 10.0. The first kappa shape index (κ1) is 19.0. The Bertz CT molecular complexity index is 1030. The van der Waals surface area contributed by atoms with Crippen molar-refractivity contribution in [2.45, 2.75) is 38.5 Å². The molecule has 2 heterocycles. The van der Waals surface area contributed by atoms with Gasteiger partial charge in [0.15, 0.2) is 5.76 Å². The highest BCUT2D eigenvalue weighted by atomic mass is 16.5. The molecule has 0 aliphatic heterocycles. The molecule has 148 valence electrons. The lowest BCUT2D eigenvalue weighted by molar-refractivity contribution is -0.110. The molecule has 4 rings (SSSR count). The Hall–Kier alpha value is -3.37. The van der Waals surface area contributed by atoms with Crippen LogP contribution in [-0.4, -0.2) is 32.3 Å². The third kappa shape index (κ3) is 4.39. The molecule has 1 saturated carbocycles. The molecule has 1 unspecified atom stereocenters. The van der Waals surface area contributed by atoms with Crippen LogP contribution in [0.2, 0.25) is 0 Å². The van der Waals surface area contributed by atoms with Crippen molar-refractivity contribution in [3.8, 4) is 23.2 Å². The third-order valence-corrected chi connectivity index (χ3v) is 5.04. The van der Waals surface area contributed by atoms with Crippen molar-refractivity contribution in [2.24, 2.45) is 5.92 Å². The molecular weight excluding hydrogens is 368 g/mol. The van der Waals surface area contributed by atoms with Crippen molar-refractivity contribution in [3.63, 3.8) is 0 Å². The van der Waals surface area contributed by atoms with Gasteiger partial charge < -0.3 is 19.5 Å². The minimum Gasteiger partial charge on any atom is -0.385 e. The number of aliphatic hydroxyl groups is 1. The molecular formula is C22H22N4O3. The number of hydrogen-bond donors (Lipinski definition) is 2. The summed E-state index contributed by atoms with van der Waals surface area (Å²) in [4.78, 5) is 14.6. The molecule has 2 N–H and O–H groups in total. The predicted octanol–water partition coefficient (Wildman–Crippen LogP) is 2.52. The summed E-state index contributed by atoms with van der Waals surface area (Å²) in [5.74, 6) is 8.07. The van der Waals surface area contributed by atoms with E-state index in [2.05, 4.69) is 27.3 Å². The van der Waals surface area contributed by atoms with Gasteiger partial charge in [-0.25, -0.2) is 4.98 Å². The van der Waals surface area contributed by atoms with Crippen LogP contribution in [0, 0.1) is 17.8 Å². The number of imidazole rings is 1. The van der Waals surface area contributed by atoms with Crippen LogP contribution in [0.4, 0.5) is 0 Å². The fourth-order valence-electron chi connectivity index (χ4n) is 3.39. The summed E-state index contributed by atoms with van der Waals surface area (Å²) < 4.78 is 7.33. The summed E-state index contributed by atoms with van der Waals surface area (Å²) in [5, 5.41) is 16.7. The molecule has 29 heavy (non-hydrogen) atoms. The lowest BCUT2D eigenvalue weighted by Crippen LogP contribution is -2.39. The number of benzene rings is 1. The molecule has 0 radical (unpaired) electrons. The number of nitrogens with one attached hydrogen (secondary N) is 1. The van der Waals surface area contributed by atoms with E-state index in [-0.39, 0.29) is 6.04 Å². The first-order valence-corrected chi connectivity index (χ1v) is 9.58. The van der Waals surface area contributed by atoms with E-state index in [1.54, 1.807) is 13.1 Å². The minimum atomic E-state index is -0.642. The van der Waals surface area contributed by atoms with Gasteiger partial charge in [0.1, 0.15) is 17.6 Å². The van der Waals surface area contributed by atoms with E-state index in [0.717, 1.165) is 36.1 Å². The van der Waals surface area contributed by atoms with E-state index in [0.29, 0.717) is 24.0 Å². The molecule has 1 aliphatic carbocycles. The van der Waals surface area contributed by atoms with Crippen LogP contribution in [0.25, 0.3) is 11.3 Å². The quantitative estimate of drug-likeness (QED) is 0.498. The largest absolute Gasteiger partial charge is 0.385 e. The van der Waals surface area contributed by atoms with E-state index >= 15 is 0 Å². The predicted molar refractivity (Wildman–Crippen MR) is 106 cm³/mol. The Balaban J connectivity index is 1.39. The Kier molecular flexibility index (Phi) is 5.45. The van der Waals surface area contributed by atoms with Crippen LogP contribution in [0.3, 0.4) is 0 Å². The van der Waals surface area contributed by atoms with E-state index in [1.165, 1.54) is 0 Å². The third-order valence-electron chi connectivity index (χ3n) is 5.04. The molecule has 3 aromatic rings. The average molecular weight is 390 g/mol. The highest BCUT2D eigenvalue weighted by Crippen LogP contribution is 2.26. The van der Waals surface area contributed by atoms with Crippen LogP contribution in [0.5, 0.6) is 0 Å². The maximum absolute atomic E-state index is 10.4. The topological polar surface area (TPSA) is 93.2 Å². The maximum atomic E-state index is 10.4. The van der Waals surface area contributed by atoms with Crippen LogP contribution >= 0.6 is 0 Å². The highest BCUT2D eigenvalue weighted by Gasteiger charge is 2.26. The van der Waals surface area contributed by atoms with Crippen molar-refractivity contribution < 1.29 is 14.4 Å². The number of aliphatic hydroxyl groups excluding tert-OH is 1. The number of hydrogen-bond acceptors (Lipinski definition) is 5. The summed E-state index contributed by atoms with van der Waals surface area (Å²) in [7, 11) is 0. The van der Waals surface area contributed by atoms with Gasteiger partial charge in [-0.2, -0.15) is 0 Å². The second kappa shape index (κ2) is 8.33. The molecule has 0 saturated heterocycles. The van der Waals surface area contributed by atoms with E-state index < -0.39 is 6.10 Å². The molecule has 7 nitrogen and oxygen atoms in total. The van der Waals surface area contributed by atoms with Gasteiger partial charge in [-0.05, 0) is 44.0 Å². The summed E-state index contributed by atoms with van der Waals surface area (Å²) in [6.07, 6.45) is 5.41. The fourth-order valence-corrected chi connectivity index (χ4v) is 3.39. The molecule has 0 bridgehead atoms. The number of aromatic nitrogens is 3. The zero-order valence-corrected chi connectivity index (χ0v) is 16.1. The van der Waals surface area contributed by atoms with Crippen LogP contribution in [0.15, 0.2) is 47.2 Å². The molecule has 1 amide bonds. The van der Waals surface area contributed by atoms with Gasteiger partial charge in [-0.3, -0.25) is 4.79 Å². The summed E-state index contributed by atoms with van der Waals surface area (Å²) >= 11 is 0. The van der Waals surface area contributed by atoms with Gasteiger partial charge in [-0.15, -0.1) is 0 Å². The van der Waals surface area contributed by atoms with Gasteiger partial charge in [-0.1, -0.05) is 17.0 Å². The van der Waals surface area contributed by atoms with Crippen molar-refractivity contribution in [1.29, 1.82) is 0 Å². The molecule has 1 aliphatic rings. The number of amides is 1. The summed E-state index contributed by atoms with van der Waals surface area (Å²) in [6.45, 7) is 2.16. The zero-order valence-electron chi connectivity index (χ0n) is 16.1. The lowest BCUT2D eigenvalue weighted by Gasteiger charge is -2.30. The SMILES string of the molecule is CC(O)c1nccn1Cc1cc(-c2ccc(C#CC3CC(NC=O)C3)cc2)on1. The zero-order chi connectivity index (χ0) is 20.2. The molecule has 7 heteroatoms. The number of carbonyl (C=O) groups excluding carboxylic acids is 1. The van der Waals surface area contributed by atoms with E-state index in [4.69, 9.17) is 4.52 Å². The molecule has 2 aromatic heterocycles. The maximum Gasteiger partial charge on any atom is 0.207 e. The summed E-state index contributed by atoms with van der Waals surface area (Å²) in [5.41, 5.74) is 2.63. The Morgan fingerprint density at radius 3 is 2.90 bits per heavy atom. The van der Waals surface area contributed by atoms with Gasteiger partial charge in [0, 0.05) is 41.5 Å². The number of nitrogens with zero attached hydrogens (tertiary/aromatic N) is 3. The van der Waals surface area contributed by atoms with Crippen molar-refractivity contribution in [3.05, 3.63) is 59.8 Å². The highest BCUT2D eigenvalue weighted by molar-refractivity contribution is 5.59. The average Bonchev–Trinajstić information content (AvgIpc) is 3.34. The standard InChI is InChI=1S/C22H22N4O3/c1-15(28)22-23-8-9-26(22)13-20-12-21(29-25-20)18-6-4-16(5-7-18)2-3-17-10-19(11-17)24-14-27/h4-9,12,14-15,17,19,28H,10-11,13H2,1H3,(H,24,27). The second-order valence-corrected chi connectivity index (χ2v) is 7.27. The monoisotopic (exact) mass is 390 g/mol. The van der Waals surface area contributed by atoms with Gasteiger partial charge in [0.05, 0.1) is 6.54 Å². The van der Waals surface area contributed by atoms with Gasteiger partial charge in [0.2, 0.25) is 6.41 Å².